The lowest BCUT2D eigenvalue weighted by atomic mass is 9.68. The molecule has 5 aliphatic carbocycles. The number of aryl methyl sites for hydroxylation is 1. The van der Waals surface area contributed by atoms with Crippen LogP contribution in [0.1, 0.15) is 51.8 Å². The molecule has 5 aliphatic rings. The minimum Gasteiger partial charge on any atom is -0.456 e. The number of rotatable bonds is 2. The van der Waals surface area contributed by atoms with Crippen LogP contribution in [0.5, 0.6) is 0 Å². The molecule has 2 nitrogen and oxygen atoms in total. The van der Waals surface area contributed by atoms with E-state index >= 15 is 0 Å². The molecule has 2 atom stereocenters. The second-order valence-corrected chi connectivity index (χ2v) is 14.8. The molecular weight excluding hydrogens is 621 g/mol. The van der Waals surface area contributed by atoms with Gasteiger partial charge in [0.2, 0.25) is 5.43 Å². The van der Waals surface area contributed by atoms with Gasteiger partial charge in [-0.3, -0.25) is 4.79 Å². The fraction of sp³-hybridized carbons (Fsp3) is 0.163. The van der Waals surface area contributed by atoms with Gasteiger partial charge < -0.3 is 4.42 Å². The van der Waals surface area contributed by atoms with Crippen molar-refractivity contribution in [2.24, 2.45) is 11.8 Å². The first-order valence-electron chi connectivity index (χ1n) is 18.6. The second kappa shape index (κ2) is 11.1. The van der Waals surface area contributed by atoms with Crippen LogP contribution in [0.2, 0.25) is 0 Å². The molecule has 0 aliphatic heterocycles. The molecule has 6 aromatic rings. The Bertz CT molecular complexity index is 2720. The van der Waals surface area contributed by atoms with Gasteiger partial charge in [-0.1, -0.05) is 97.1 Å². The SMILES string of the molecule is O=c1c2cc(C3=C4C=CC=CC4C4C=Cc5ccccc5C4=C3)ccc2oc2ccc(-c3cc4c(c5c3CCCC5)CCc3ccccc3-4)cc12. The van der Waals surface area contributed by atoms with Crippen LogP contribution in [0, 0.1) is 11.8 Å². The number of hydrogen-bond donors (Lipinski definition) is 0. The fourth-order valence-electron chi connectivity index (χ4n) is 9.76. The van der Waals surface area contributed by atoms with Crippen molar-refractivity contribution >= 4 is 39.2 Å². The highest BCUT2D eigenvalue weighted by Crippen LogP contribution is 2.49. The minimum atomic E-state index is 0.0284. The van der Waals surface area contributed by atoms with Crippen LogP contribution in [0.25, 0.3) is 61.4 Å². The van der Waals surface area contributed by atoms with Crippen molar-refractivity contribution in [3.8, 4) is 22.3 Å². The molecule has 0 N–H and O–H groups in total. The molecule has 1 heterocycles. The molecule has 0 saturated carbocycles. The molecule has 51 heavy (non-hydrogen) atoms. The largest absolute Gasteiger partial charge is 0.456 e. The Labute approximate surface area is 297 Å². The van der Waals surface area contributed by atoms with E-state index in [2.05, 4.69) is 121 Å². The van der Waals surface area contributed by atoms with Crippen LogP contribution in [-0.4, -0.2) is 0 Å². The molecule has 0 amide bonds. The van der Waals surface area contributed by atoms with Gasteiger partial charge in [0, 0.05) is 11.8 Å². The van der Waals surface area contributed by atoms with Crippen LogP contribution < -0.4 is 5.43 Å². The van der Waals surface area contributed by atoms with Crippen molar-refractivity contribution in [2.75, 3.05) is 0 Å². The number of hydrogen-bond acceptors (Lipinski definition) is 2. The Morgan fingerprint density at radius 3 is 2.20 bits per heavy atom. The molecule has 0 spiro atoms. The third-order valence-corrected chi connectivity index (χ3v) is 12.2. The smallest absolute Gasteiger partial charge is 0.200 e. The third-order valence-electron chi connectivity index (χ3n) is 12.2. The topological polar surface area (TPSA) is 30.2 Å². The average Bonchev–Trinajstić information content (AvgIpc) is 3.20. The summed E-state index contributed by atoms with van der Waals surface area (Å²) in [5.41, 5.74) is 19.8. The van der Waals surface area contributed by atoms with E-state index in [0.717, 1.165) is 36.8 Å². The lowest BCUT2D eigenvalue weighted by molar-refractivity contribution is 0.658. The predicted octanol–water partition coefficient (Wildman–Crippen LogP) is 11.5. The summed E-state index contributed by atoms with van der Waals surface area (Å²) in [4.78, 5) is 14.5. The first-order chi connectivity index (χ1) is 25.2. The maximum atomic E-state index is 14.5. The number of allylic oxidation sites excluding steroid dienone is 9. The van der Waals surface area contributed by atoms with E-state index in [1.54, 1.807) is 11.1 Å². The van der Waals surface area contributed by atoms with Gasteiger partial charge in [0.25, 0.3) is 0 Å². The summed E-state index contributed by atoms with van der Waals surface area (Å²) in [7, 11) is 0. The first-order valence-corrected chi connectivity index (χ1v) is 18.6. The van der Waals surface area contributed by atoms with Gasteiger partial charge in [-0.15, -0.1) is 0 Å². The van der Waals surface area contributed by atoms with Crippen molar-refractivity contribution in [1.82, 2.24) is 0 Å². The molecule has 11 rings (SSSR count). The molecule has 0 saturated heterocycles. The van der Waals surface area contributed by atoms with Crippen molar-refractivity contribution in [1.29, 1.82) is 0 Å². The third kappa shape index (κ3) is 4.39. The van der Waals surface area contributed by atoms with Gasteiger partial charge in [0.05, 0.1) is 10.8 Å². The van der Waals surface area contributed by atoms with Gasteiger partial charge in [0.1, 0.15) is 11.2 Å². The zero-order chi connectivity index (χ0) is 33.6. The van der Waals surface area contributed by atoms with E-state index in [9.17, 15) is 4.79 Å². The van der Waals surface area contributed by atoms with E-state index < -0.39 is 0 Å². The van der Waals surface area contributed by atoms with Crippen LogP contribution in [0.3, 0.4) is 0 Å². The highest BCUT2D eigenvalue weighted by molar-refractivity contribution is 5.98. The fourth-order valence-corrected chi connectivity index (χ4v) is 9.76. The van der Waals surface area contributed by atoms with Crippen molar-refractivity contribution in [3.63, 3.8) is 0 Å². The van der Waals surface area contributed by atoms with Gasteiger partial charge >= 0.3 is 0 Å². The second-order valence-electron chi connectivity index (χ2n) is 14.8. The molecule has 0 bridgehead atoms. The van der Waals surface area contributed by atoms with Gasteiger partial charge in [-0.25, -0.2) is 0 Å². The molecule has 244 valence electrons. The molecule has 5 aromatic carbocycles. The quantitative estimate of drug-likeness (QED) is 0.174. The van der Waals surface area contributed by atoms with E-state index in [0.29, 0.717) is 21.9 Å². The minimum absolute atomic E-state index is 0.0284. The Kier molecular flexibility index (Phi) is 6.34. The van der Waals surface area contributed by atoms with E-state index in [-0.39, 0.29) is 17.3 Å². The highest BCUT2D eigenvalue weighted by atomic mass is 16.3. The van der Waals surface area contributed by atoms with Crippen LogP contribution in [0.4, 0.5) is 0 Å². The van der Waals surface area contributed by atoms with Gasteiger partial charge in [-0.2, -0.15) is 0 Å². The van der Waals surface area contributed by atoms with Gasteiger partial charge in [-0.05, 0) is 153 Å². The number of benzene rings is 5. The summed E-state index contributed by atoms with van der Waals surface area (Å²) in [5.74, 6) is 0.533. The standard InChI is InChI=1S/C49H36O2/c50-49-45-25-31(41-27-43-33-11-3-1-9-29(33)17-21-39(43)35-13-5-7-15-37(35)41)19-23-47(45)51-48-24-20-32(26-46(48)49)42-28-44-34-12-4-2-10-30(34)18-22-40(44)36-14-6-8-16-38(36)42/h1-5,7,9-13,15,17,19-21,23-28,35,39H,6,8,14,16,18,22H2. The Balaban J connectivity index is 1.08. The molecule has 0 fully saturated rings. The Morgan fingerprint density at radius 2 is 1.31 bits per heavy atom. The summed E-state index contributed by atoms with van der Waals surface area (Å²) in [6, 6.07) is 32.4. The zero-order valence-corrected chi connectivity index (χ0v) is 28.4. The Hall–Kier alpha value is -5.73. The maximum Gasteiger partial charge on any atom is 0.200 e. The molecule has 1 aromatic heterocycles. The normalized spacial score (nSPS) is 19.6. The molecular formula is C49H36O2. The van der Waals surface area contributed by atoms with E-state index in [4.69, 9.17) is 4.42 Å². The summed E-state index contributed by atoms with van der Waals surface area (Å²) in [5, 5.41) is 1.27. The molecule has 0 radical (unpaired) electrons. The monoisotopic (exact) mass is 656 g/mol. The predicted molar refractivity (Wildman–Crippen MR) is 211 cm³/mol. The zero-order valence-electron chi connectivity index (χ0n) is 28.4. The summed E-state index contributed by atoms with van der Waals surface area (Å²) in [6.07, 6.45) is 22.8. The van der Waals surface area contributed by atoms with E-state index in [1.807, 2.05) is 12.1 Å². The van der Waals surface area contributed by atoms with E-state index in [1.165, 1.54) is 68.5 Å². The molecule has 2 heteroatoms. The first kappa shape index (κ1) is 29.0. The summed E-state index contributed by atoms with van der Waals surface area (Å²) < 4.78 is 6.48. The molecule has 2 unspecified atom stereocenters. The lowest BCUT2D eigenvalue weighted by Gasteiger charge is -2.36. The Morgan fingerprint density at radius 1 is 0.569 bits per heavy atom. The van der Waals surface area contributed by atoms with Crippen molar-refractivity contribution < 1.29 is 4.42 Å². The summed E-state index contributed by atoms with van der Waals surface area (Å²) >= 11 is 0. The van der Waals surface area contributed by atoms with Gasteiger partial charge in [0.15, 0.2) is 0 Å². The maximum absolute atomic E-state index is 14.5. The highest BCUT2D eigenvalue weighted by Gasteiger charge is 2.34. The van der Waals surface area contributed by atoms with Crippen LogP contribution in [0.15, 0.2) is 142 Å². The van der Waals surface area contributed by atoms with Crippen LogP contribution >= 0.6 is 0 Å². The lowest BCUT2D eigenvalue weighted by Crippen LogP contribution is -2.22. The van der Waals surface area contributed by atoms with Crippen molar-refractivity contribution in [2.45, 2.75) is 38.5 Å². The van der Waals surface area contributed by atoms with Crippen molar-refractivity contribution in [3.05, 3.63) is 182 Å². The summed E-state index contributed by atoms with van der Waals surface area (Å²) in [6.45, 7) is 0. The average molecular weight is 657 g/mol. The number of fused-ring (bicyclic) bond motifs is 12. The van der Waals surface area contributed by atoms with Crippen LogP contribution in [-0.2, 0) is 25.7 Å².